The summed E-state index contributed by atoms with van der Waals surface area (Å²) in [6, 6.07) is 11.4. The zero-order valence-electron chi connectivity index (χ0n) is 16.2. The summed E-state index contributed by atoms with van der Waals surface area (Å²) in [5, 5.41) is 6.79. The summed E-state index contributed by atoms with van der Waals surface area (Å²) in [6.07, 6.45) is 1.70. The lowest BCUT2D eigenvalue weighted by Gasteiger charge is -2.32. The third-order valence-electron chi connectivity index (χ3n) is 5.00. The Balaban J connectivity index is 1.42. The van der Waals surface area contributed by atoms with Crippen molar-refractivity contribution in [3.8, 4) is 0 Å². The second-order valence-electron chi connectivity index (χ2n) is 7.24. The van der Waals surface area contributed by atoms with Crippen LogP contribution in [0.3, 0.4) is 0 Å². The molecule has 1 aliphatic rings. The van der Waals surface area contributed by atoms with E-state index in [4.69, 9.17) is 11.6 Å². The average Bonchev–Trinajstić information content (AvgIpc) is 3.10. The van der Waals surface area contributed by atoms with Gasteiger partial charge < -0.3 is 10.6 Å². The Morgan fingerprint density at radius 1 is 1.21 bits per heavy atom. The SMILES string of the molecule is Cc1ccc(C(=O)NC2CCN(CC(=O)NC(C)c3ccccc3Cl)CC2)s1. The summed E-state index contributed by atoms with van der Waals surface area (Å²) in [7, 11) is 0. The maximum absolute atomic E-state index is 12.4. The molecule has 28 heavy (non-hydrogen) atoms. The summed E-state index contributed by atoms with van der Waals surface area (Å²) in [5.41, 5.74) is 0.919. The summed E-state index contributed by atoms with van der Waals surface area (Å²) in [4.78, 5) is 28.7. The predicted octanol–water partition coefficient (Wildman–Crippen LogP) is 3.78. The van der Waals surface area contributed by atoms with Gasteiger partial charge in [0, 0.05) is 29.0 Å². The lowest BCUT2D eigenvalue weighted by Crippen LogP contribution is -2.47. The predicted molar refractivity (Wildman–Crippen MR) is 114 cm³/mol. The summed E-state index contributed by atoms with van der Waals surface area (Å²) in [5.74, 6) is -0.00757. The quantitative estimate of drug-likeness (QED) is 0.748. The van der Waals surface area contributed by atoms with Crippen LogP contribution in [0.1, 0.15) is 45.9 Å². The molecule has 5 nitrogen and oxygen atoms in total. The standard InChI is InChI=1S/C21H26ClN3O2S/c1-14-7-8-19(28-14)21(27)24-16-9-11-25(12-10-16)13-20(26)23-15(2)17-5-3-4-6-18(17)22/h3-8,15-16H,9-13H2,1-2H3,(H,23,26)(H,24,27). The number of carbonyl (C=O) groups excluding carboxylic acids is 2. The van der Waals surface area contributed by atoms with Crippen molar-refractivity contribution in [2.24, 2.45) is 0 Å². The van der Waals surface area contributed by atoms with Gasteiger partial charge in [-0.3, -0.25) is 14.5 Å². The van der Waals surface area contributed by atoms with Crippen LogP contribution in [0.15, 0.2) is 36.4 Å². The van der Waals surface area contributed by atoms with Crippen LogP contribution < -0.4 is 10.6 Å². The number of rotatable bonds is 6. The number of hydrogen-bond donors (Lipinski definition) is 2. The highest BCUT2D eigenvalue weighted by Gasteiger charge is 2.23. The minimum Gasteiger partial charge on any atom is -0.349 e. The molecule has 0 saturated carbocycles. The van der Waals surface area contributed by atoms with E-state index in [0.29, 0.717) is 11.6 Å². The van der Waals surface area contributed by atoms with Gasteiger partial charge in [-0.05, 0) is 50.5 Å². The number of nitrogens with one attached hydrogen (secondary N) is 2. The summed E-state index contributed by atoms with van der Waals surface area (Å²) < 4.78 is 0. The maximum atomic E-state index is 12.4. The Bertz CT molecular complexity index is 831. The van der Waals surface area contributed by atoms with E-state index in [0.717, 1.165) is 41.2 Å². The summed E-state index contributed by atoms with van der Waals surface area (Å²) in [6.45, 7) is 5.88. The van der Waals surface area contributed by atoms with Gasteiger partial charge in [0.1, 0.15) is 0 Å². The van der Waals surface area contributed by atoms with Crippen molar-refractivity contribution in [3.05, 3.63) is 56.7 Å². The van der Waals surface area contributed by atoms with Crippen LogP contribution in [-0.4, -0.2) is 42.4 Å². The Labute approximate surface area is 175 Å². The van der Waals surface area contributed by atoms with Crippen LogP contribution in [0, 0.1) is 6.92 Å². The van der Waals surface area contributed by atoms with Gasteiger partial charge in [-0.2, -0.15) is 0 Å². The van der Waals surface area contributed by atoms with Crippen LogP contribution in [0.4, 0.5) is 0 Å². The number of amides is 2. The minimum absolute atomic E-state index is 0.00265. The fourth-order valence-corrected chi connectivity index (χ4v) is 4.51. The average molecular weight is 420 g/mol. The van der Waals surface area contributed by atoms with Gasteiger partial charge in [-0.15, -0.1) is 11.3 Å². The van der Waals surface area contributed by atoms with E-state index >= 15 is 0 Å². The lowest BCUT2D eigenvalue weighted by molar-refractivity contribution is -0.123. The molecule has 1 aromatic carbocycles. The van der Waals surface area contributed by atoms with E-state index in [1.165, 1.54) is 11.3 Å². The van der Waals surface area contributed by atoms with Gasteiger partial charge in [0.15, 0.2) is 0 Å². The molecular formula is C21H26ClN3O2S. The van der Waals surface area contributed by atoms with Crippen LogP contribution in [-0.2, 0) is 4.79 Å². The number of aryl methyl sites for hydroxylation is 1. The van der Waals surface area contributed by atoms with Crippen molar-refractivity contribution in [1.29, 1.82) is 0 Å². The molecule has 0 bridgehead atoms. The number of thiophene rings is 1. The molecule has 150 valence electrons. The van der Waals surface area contributed by atoms with Gasteiger partial charge in [0.2, 0.25) is 5.91 Å². The first-order valence-corrected chi connectivity index (χ1v) is 10.8. The Kier molecular flexibility index (Phi) is 7.10. The lowest BCUT2D eigenvalue weighted by atomic mass is 10.0. The van der Waals surface area contributed by atoms with E-state index < -0.39 is 0 Å². The molecule has 2 amide bonds. The van der Waals surface area contributed by atoms with Crippen molar-refractivity contribution >= 4 is 34.8 Å². The molecule has 1 saturated heterocycles. The minimum atomic E-state index is -0.132. The molecule has 1 fully saturated rings. The number of benzene rings is 1. The largest absolute Gasteiger partial charge is 0.349 e. The molecular weight excluding hydrogens is 394 g/mol. The Morgan fingerprint density at radius 2 is 1.93 bits per heavy atom. The second-order valence-corrected chi connectivity index (χ2v) is 8.94. The molecule has 1 unspecified atom stereocenters. The van der Waals surface area contributed by atoms with E-state index in [1.807, 2.05) is 50.2 Å². The van der Waals surface area contributed by atoms with Crippen molar-refractivity contribution in [3.63, 3.8) is 0 Å². The molecule has 2 N–H and O–H groups in total. The van der Waals surface area contributed by atoms with Gasteiger partial charge in [-0.1, -0.05) is 29.8 Å². The molecule has 1 aliphatic heterocycles. The van der Waals surface area contributed by atoms with Crippen LogP contribution in [0.25, 0.3) is 0 Å². The van der Waals surface area contributed by atoms with Gasteiger partial charge in [-0.25, -0.2) is 0 Å². The first-order valence-electron chi connectivity index (χ1n) is 9.56. The van der Waals surface area contributed by atoms with E-state index in [2.05, 4.69) is 15.5 Å². The number of carbonyl (C=O) groups is 2. The van der Waals surface area contributed by atoms with E-state index in [-0.39, 0.29) is 23.9 Å². The highest BCUT2D eigenvalue weighted by molar-refractivity contribution is 7.13. The third kappa shape index (κ3) is 5.56. The van der Waals surface area contributed by atoms with E-state index in [9.17, 15) is 9.59 Å². The molecule has 7 heteroatoms. The Morgan fingerprint density at radius 3 is 2.57 bits per heavy atom. The molecule has 0 spiro atoms. The zero-order valence-corrected chi connectivity index (χ0v) is 17.8. The first kappa shape index (κ1) is 20.8. The smallest absolute Gasteiger partial charge is 0.261 e. The van der Waals surface area contributed by atoms with Crippen molar-refractivity contribution in [2.75, 3.05) is 19.6 Å². The molecule has 3 rings (SSSR count). The Hall–Kier alpha value is -1.89. The normalized spacial score (nSPS) is 16.5. The number of piperidine rings is 1. The van der Waals surface area contributed by atoms with Crippen molar-refractivity contribution in [2.45, 2.75) is 38.8 Å². The van der Waals surface area contributed by atoms with Crippen molar-refractivity contribution < 1.29 is 9.59 Å². The number of nitrogens with zero attached hydrogens (tertiary/aromatic N) is 1. The van der Waals surface area contributed by atoms with Crippen LogP contribution >= 0.6 is 22.9 Å². The molecule has 0 aliphatic carbocycles. The molecule has 2 heterocycles. The molecule has 0 radical (unpaired) electrons. The molecule has 1 aromatic heterocycles. The number of hydrogen-bond acceptors (Lipinski definition) is 4. The first-order chi connectivity index (χ1) is 13.4. The van der Waals surface area contributed by atoms with E-state index in [1.54, 1.807) is 0 Å². The highest BCUT2D eigenvalue weighted by Crippen LogP contribution is 2.22. The fraction of sp³-hybridized carbons (Fsp3) is 0.429. The van der Waals surface area contributed by atoms with Gasteiger partial charge in [0.05, 0.1) is 17.5 Å². The van der Waals surface area contributed by atoms with Gasteiger partial charge >= 0.3 is 0 Å². The molecule has 1 atom stereocenters. The topological polar surface area (TPSA) is 61.4 Å². The summed E-state index contributed by atoms with van der Waals surface area (Å²) >= 11 is 7.72. The molecule has 2 aromatic rings. The van der Waals surface area contributed by atoms with Crippen molar-refractivity contribution in [1.82, 2.24) is 15.5 Å². The van der Waals surface area contributed by atoms with Gasteiger partial charge in [0.25, 0.3) is 5.91 Å². The monoisotopic (exact) mass is 419 g/mol. The zero-order chi connectivity index (χ0) is 20.1. The number of halogens is 1. The second kappa shape index (κ2) is 9.54. The van der Waals surface area contributed by atoms with Crippen LogP contribution in [0.2, 0.25) is 5.02 Å². The van der Waals surface area contributed by atoms with Crippen LogP contribution in [0.5, 0.6) is 0 Å². The fourth-order valence-electron chi connectivity index (χ4n) is 3.44. The third-order valence-corrected chi connectivity index (χ3v) is 6.35. The highest BCUT2D eigenvalue weighted by atomic mass is 35.5. The maximum Gasteiger partial charge on any atom is 0.261 e. The number of likely N-dealkylation sites (tertiary alicyclic amines) is 1.